The van der Waals surface area contributed by atoms with Gasteiger partial charge in [0.15, 0.2) is 12.2 Å². The zero-order valence-electron chi connectivity index (χ0n) is 10.9. The summed E-state index contributed by atoms with van der Waals surface area (Å²) in [4.78, 5) is 10.8. The van der Waals surface area contributed by atoms with Gasteiger partial charge in [-0.05, 0) is 17.3 Å². The number of nitrogens with one attached hydrogen (secondary N) is 1. The number of nitroso groups, excluding NO2 is 1. The van der Waals surface area contributed by atoms with Crippen molar-refractivity contribution in [2.24, 2.45) is 5.18 Å². The lowest BCUT2D eigenvalue weighted by Gasteiger charge is -2.01. The van der Waals surface area contributed by atoms with Crippen molar-refractivity contribution >= 4 is 5.69 Å². The molecule has 96 valence electrons. The third kappa shape index (κ3) is 2.68. The monoisotopic (exact) mass is 255 g/mol. The predicted molar refractivity (Wildman–Crippen MR) is 70.8 cm³/mol. The van der Waals surface area contributed by atoms with Crippen LogP contribution in [0.3, 0.4) is 0 Å². The number of hydrogen-bond donors (Lipinski definition) is 1. The van der Waals surface area contributed by atoms with E-state index in [1.165, 1.54) is 0 Å². The van der Waals surface area contributed by atoms with E-state index in [9.17, 15) is 4.91 Å². The molecule has 0 amide bonds. The molecule has 5 nitrogen and oxygen atoms in total. The highest BCUT2D eigenvalue weighted by molar-refractivity contribution is 5.38. The van der Waals surface area contributed by atoms with Crippen molar-refractivity contribution in [3.63, 3.8) is 0 Å². The summed E-state index contributed by atoms with van der Waals surface area (Å²) in [5, 5.41) is 14.8. The fraction of sp³-hybridized carbons (Fsp3) is 0.286. The van der Waals surface area contributed by atoms with E-state index in [1.54, 1.807) is 18.3 Å². The van der Waals surface area contributed by atoms with Gasteiger partial charge in [-0.2, -0.15) is 10.4 Å². The average molecular weight is 255 g/mol. The van der Waals surface area contributed by atoms with Gasteiger partial charge in [0.25, 0.3) is 0 Å². The second-order valence-electron chi connectivity index (χ2n) is 4.68. The van der Waals surface area contributed by atoms with Crippen LogP contribution in [-0.2, 0) is 6.54 Å². The van der Waals surface area contributed by atoms with Crippen LogP contribution < -0.4 is 4.68 Å². The molecule has 0 unspecified atom stereocenters. The zero-order chi connectivity index (χ0) is 13.8. The van der Waals surface area contributed by atoms with Crippen LogP contribution in [0.4, 0.5) is 5.69 Å². The second kappa shape index (κ2) is 5.44. The van der Waals surface area contributed by atoms with E-state index in [4.69, 9.17) is 5.26 Å². The summed E-state index contributed by atoms with van der Waals surface area (Å²) >= 11 is 0. The number of hydrogen-bond acceptors (Lipinski definition) is 3. The third-order valence-corrected chi connectivity index (χ3v) is 2.98. The smallest absolute Gasteiger partial charge is 0.192 e. The molecule has 1 N–H and O–H groups in total. The molecule has 0 saturated heterocycles. The van der Waals surface area contributed by atoms with Gasteiger partial charge >= 0.3 is 0 Å². The number of benzene rings is 1. The largest absolute Gasteiger partial charge is 0.239 e. The Morgan fingerprint density at radius 1 is 1.37 bits per heavy atom. The Morgan fingerprint density at radius 3 is 2.58 bits per heavy atom. The first-order chi connectivity index (χ1) is 9.15. The van der Waals surface area contributed by atoms with Crippen molar-refractivity contribution in [2.45, 2.75) is 26.3 Å². The molecule has 19 heavy (non-hydrogen) atoms. The molecule has 1 heterocycles. The lowest BCUT2D eigenvalue weighted by Crippen LogP contribution is -2.40. The van der Waals surface area contributed by atoms with Crippen molar-refractivity contribution in [2.75, 3.05) is 0 Å². The number of H-pyrrole nitrogens is 1. The van der Waals surface area contributed by atoms with Crippen molar-refractivity contribution < 1.29 is 4.68 Å². The Kier molecular flexibility index (Phi) is 3.71. The summed E-state index contributed by atoms with van der Waals surface area (Å²) in [6.07, 6.45) is 1.62. The predicted octanol–water partition coefficient (Wildman–Crippen LogP) is 2.74. The van der Waals surface area contributed by atoms with E-state index in [2.05, 4.69) is 16.3 Å². The Bertz CT molecular complexity index is 620. The maximum absolute atomic E-state index is 10.8. The normalized spacial score (nSPS) is 10.4. The Balaban J connectivity index is 2.30. The van der Waals surface area contributed by atoms with Crippen molar-refractivity contribution in [3.05, 3.63) is 52.2 Å². The maximum Gasteiger partial charge on any atom is 0.239 e. The van der Waals surface area contributed by atoms with Gasteiger partial charge in [0.1, 0.15) is 0 Å². The second-order valence-corrected chi connectivity index (χ2v) is 4.68. The van der Waals surface area contributed by atoms with Gasteiger partial charge in [-0.3, -0.25) is 0 Å². The van der Waals surface area contributed by atoms with E-state index in [0.29, 0.717) is 17.8 Å². The number of aromatic amines is 1. The topological polar surface area (TPSA) is 72.9 Å². The number of rotatable bonds is 4. The molecule has 5 heteroatoms. The first kappa shape index (κ1) is 13.0. The van der Waals surface area contributed by atoms with Crippen molar-refractivity contribution in [3.8, 4) is 6.07 Å². The van der Waals surface area contributed by atoms with Crippen molar-refractivity contribution in [1.82, 2.24) is 5.10 Å². The molecule has 0 aliphatic heterocycles. The minimum Gasteiger partial charge on any atom is -0.192 e. The van der Waals surface area contributed by atoms with Gasteiger partial charge < -0.3 is 0 Å². The fourth-order valence-electron chi connectivity index (χ4n) is 2.10. The summed E-state index contributed by atoms with van der Waals surface area (Å²) in [7, 11) is 0. The number of aromatic nitrogens is 2. The summed E-state index contributed by atoms with van der Waals surface area (Å²) in [5.41, 5.74) is 3.03. The van der Waals surface area contributed by atoms with Crippen molar-refractivity contribution in [1.29, 1.82) is 5.26 Å². The molecule has 1 aromatic heterocycles. The molecule has 0 spiro atoms. The van der Waals surface area contributed by atoms with Gasteiger partial charge in [0.05, 0.1) is 17.8 Å². The summed E-state index contributed by atoms with van der Waals surface area (Å²) in [6.45, 7) is 4.66. The highest BCUT2D eigenvalue weighted by Gasteiger charge is 2.23. The number of nitrogens with zero attached hydrogens (tertiary/aromatic N) is 3. The molecule has 0 aliphatic carbocycles. The first-order valence-corrected chi connectivity index (χ1v) is 6.09. The number of nitriles is 1. The Hall–Kier alpha value is -2.48. The molecule has 0 radical (unpaired) electrons. The molecule has 1 aromatic carbocycles. The molecule has 0 bridgehead atoms. The van der Waals surface area contributed by atoms with Crippen LogP contribution in [-0.4, -0.2) is 5.10 Å². The Morgan fingerprint density at radius 2 is 2.05 bits per heavy atom. The molecule has 2 rings (SSSR count). The van der Waals surface area contributed by atoms with Gasteiger partial charge in [-0.1, -0.05) is 26.0 Å². The van der Waals surface area contributed by atoms with Crippen LogP contribution in [0.25, 0.3) is 0 Å². The SMILES string of the molecule is CC(C)c1c(N=O)c[nH][n+]1Cc1ccc(C#N)cc1. The van der Waals surface area contributed by atoms with E-state index in [0.717, 1.165) is 11.3 Å². The first-order valence-electron chi connectivity index (χ1n) is 6.09. The lowest BCUT2D eigenvalue weighted by molar-refractivity contribution is -0.749. The molecular weight excluding hydrogens is 240 g/mol. The third-order valence-electron chi connectivity index (χ3n) is 2.98. The minimum atomic E-state index is 0.206. The van der Waals surface area contributed by atoms with Crippen LogP contribution in [0.1, 0.15) is 36.6 Å². The van der Waals surface area contributed by atoms with Gasteiger partial charge in [-0.15, -0.1) is 9.59 Å². The summed E-state index contributed by atoms with van der Waals surface area (Å²) in [5.74, 6) is 0.206. The zero-order valence-corrected chi connectivity index (χ0v) is 10.9. The molecule has 0 aliphatic rings. The average Bonchev–Trinajstić information content (AvgIpc) is 2.82. The van der Waals surface area contributed by atoms with Crippen LogP contribution >= 0.6 is 0 Å². The van der Waals surface area contributed by atoms with Gasteiger partial charge in [0, 0.05) is 11.5 Å². The molecular formula is C14H15N4O+. The van der Waals surface area contributed by atoms with Gasteiger partial charge in [0.2, 0.25) is 5.69 Å². The summed E-state index contributed by atoms with van der Waals surface area (Å²) in [6, 6.07) is 9.47. The fourth-order valence-corrected chi connectivity index (χ4v) is 2.10. The lowest BCUT2D eigenvalue weighted by atomic mass is 10.1. The standard InChI is InChI=1S/C14H14N4O/c1-10(2)14-13(17-19)8-16-18(14)9-12-5-3-11(7-15)4-6-12/h3-6,8,10H,9H2,1-2H3/p+1. The van der Waals surface area contributed by atoms with Crippen LogP contribution in [0.5, 0.6) is 0 Å². The van der Waals surface area contributed by atoms with E-state index in [1.807, 2.05) is 30.7 Å². The summed E-state index contributed by atoms with van der Waals surface area (Å²) < 4.78 is 1.91. The van der Waals surface area contributed by atoms with Crippen LogP contribution in [0.2, 0.25) is 0 Å². The molecule has 0 fully saturated rings. The molecule has 0 saturated carbocycles. The molecule has 2 aromatic rings. The van der Waals surface area contributed by atoms with Crippen LogP contribution in [0, 0.1) is 16.2 Å². The van der Waals surface area contributed by atoms with E-state index < -0.39 is 0 Å². The maximum atomic E-state index is 10.8. The highest BCUT2D eigenvalue weighted by atomic mass is 16.3. The highest BCUT2D eigenvalue weighted by Crippen LogP contribution is 2.22. The van der Waals surface area contributed by atoms with E-state index >= 15 is 0 Å². The van der Waals surface area contributed by atoms with Gasteiger partial charge in [-0.25, -0.2) is 0 Å². The Labute approximate surface area is 111 Å². The molecule has 0 atom stereocenters. The van der Waals surface area contributed by atoms with E-state index in [-0.39, 0.29) is 5.92 Å². The quantitative estimate of drug-likeness (QED) is 0.674. The van der Waals surface area contributed by atoms with Crippen LogP contribution in [0.15, 0.2) is 35.6 Å². The minimum absolute atomic E-state index is 0.206.